The Morgan fingerprint density at radius 1 is 1.14 bits per heavy atom. The monoisotopic (exact) mass is 311 g/mol. The van der Waals surface area contributed by atoms with Gasteiger partial charge in [-0.15, -0.1) is 0 Å². The van der Waals surface area contributed by atoms with Crippen LogP contribution in [0.1, 0.15) is 47.5 Å². The molecule has 0 aliphatic rings. The lowest BCUT2D eigenvalue weighted by atomic mass is 9.87. The molecule has 0 heterocycles. The third-order valence-corrected chi connectivity index (χ3v) is 3.77. The fourth-order valence-corrected chi connectivity index (χ4v) is 2.59. The van der Waals surface area contributed by atoms with Crippen LogP contribution in [0.5, 0.6) is 0 Å². The molecular formula is C17H29NO2S. The van der Waals surface area contributed by atoms with Crippen LogP contribution in [-0.4, -0.2) is 29.2 Å². The number of rotatable bonds is 9. The van der Waals surface area contributed by atoms with Crippen LogP contribution >= 0.6 is 11.8 Å². The lowest BCUT2D eigenvalue weighted by Gasteiger charge is -2.24. The van der Waals surface area contributed by atoms with Crippen LogP contribution in [0, 0.1) is 5.41 Å². The lowest BCUT2D eigenvalue weighted by Crippen LogP contribution is -2.46. The summed E-state index contributed by atoms with van der Waals surface area (Å²) in [6.45, 7) is 9.22. The molecule has 1 N–H and O–H groups in total. The van der Waals surface area contributed by atoms with Gasteiger partial charge in [-0.25, -0.2) is 0 Å². The molecule has 0 bridgehead atoms. The molecule has 1 atom stereocenters. The summed E-state index contributed by atoms with van der Waals surface area (Å²) in [5.74, 6) is 1.40. The summed E-state index contributed by atoms with van der Waals surface area (Å²) < 4.78 is 0. The Morgan fingerprint density at radius 3 is 2.29 bits per heavy atom. The quantitative estimate of drug-likeness (QED) is 0.521. The SMILES string of the molecule is CC/C=C\C/C=C\CSC[C@@H](NC(C)=O)C(=O)C(C)(C)C. The van der Waals surface area contributed by atoms with Crippen LogP contribution in [0.2, 0.25) is 0 Å². The molecule has 0 aromatic carbocycles. The van der Waals surface area contributed by atoms with Crippen molar-refractivity contribution < 1.29 is 9.59 Å². The van der Waals surface area contributed by atoms with Gasteiger partial charge in [0.15, 0.2) is 5.78 Å². The summed E-state index contributed by atoms with van der Waals surface area (Å²) >= 11 is 1.67. The van der Waals surface area contributed by atoms with Gasteiger partial charge in [-0.2, -0.15) is 11.8 Å². The molecule has 0 rings (SSSR count). The average Bonchev–Trinajstić information content (AvgIpc) is 2.38. The van der Waals surface area contributed by atoms with Crippen LogP contribution in [0.25, 0.3) is 0 Å². The van der Waals surface area contributed by atoms with Crippen LogP contribution < -0.4 is 5.32 Å². The summed E-state index contributed by atoms with van der Waals surface area (Å²) in [6, 6.07) is -0.402. The van der Waals surface area contributed by atoms with Crippen molar-refractivity contribution in [1.29, 1.82) is 0 Å². The van der Waals surface area contributed by atoms with E-state index in [-0.39, 0.29) is 11.7 Å². The Bertz CT molecular complexity index is 381. The molecule has 0 aliphatic heterocycles. The number of carbonyl (C=O) groups excluding carboxylic acids is 2. The first-order valence-electron chi connectivity index (χ1n) is 7.48. The van der Waals surface area contributed by atoms with Gasteiger partial charge in [0.1, 0.15) is 0 Å². The number of hydrogen-bond acceptors (Lipinski definition) is 3. The third kappa shape index (κ3) is 10.4. The van der Waals surface area contributed by atoms with Gasteiger partial charge in [-0.3, -0.25) is 9.59 Å². The van der Waals surface area contributed by atoms with Crippen molar-refractivity contribution in [2.45, 2.75) is 53.5 Å². The van der Waals surface area contributed by atoms with Crippen molar-refractivity contribution >= 4 is 23.5 Å². The van der Waals surface area contributed by atoms with E-state index in [0.717, 1.165) is 18.6 Å². The van der Waals surface area contributed by atoms with Crippen molar-refractivity contribution in [3.63, 3.8) is 0 Å². The number of ketones is 1. The highest BCUT2D eigenvalue weighted by Crippen LogP contribution is 2.19. The van der Waals surface area contributed by atoms with E-state index in [1.807, 2.05) is 20.8 Å². The highest BCUT2D eigenvalue weighted by molar-refractivity contribution is 7.99. The minimum atomic E-state index is -0.436. The van der Waals surface area contributed by atoms with Crippen LogP contribution in [-0.2, 0) is 9.59 Å². The number of thioether (sulfide) groups is 1. The van der Waals surface area contributed by atoms with Gasteiger partial charge in [0.25, 0.3) is 0 Å². The highest BCUT2D eigenvalue weighted by Gasteiger charge is 2.29. The Morgan fingerprint density at radius 2 is 1.76 bits per heavy atom. The second kappa shape index (κ2) is 10.7. The minimum Gasteiger partial charge on any atom is -0.346 e. The van der Waals surface area contributed by atoms with Crippen LogP contribution in [0.4, 0.5) is 0 Å². The molecule has 0 aromatic rings. The summed E-state index contributed by atoms with van der Waals surface area (Å²) in [4.78, 5) is 23.5. The zero-order chi connectivity index (χ0) is 16.3. The summed E-state index contributed by atoms with van der Waals surface area (Å²) in [5, 5.41) is 2.76. The van der Waals surface area contributed by atoms with Crippen molar-refractivity contribution in [2.24, 2.45) is 5.41 Å². The molecule has 3 nitrogen and oxygen atoms in total. The van der Waals surface area contributed by atoms with Crippen LogP contribution in [0.15, 0.2) is 24.3 Å². The molecule has 0 aromatic heterocycles. The molecule has 0 aliphatic carbocycles. The van der Waals surface area contributed by atoms with Gasteiger partial charge >= 0.3 is 0 Å². The zero-order valence-corrected chi connectivity index (χ0v) is 14.8. The van der Waals surface area contributed by atoms with E-state index in [9.17, 15) is 9.59 Å². The van der Waals surface area contributed by atoms with E-state index in [4.69, 9.17) is 0 Å². The van der Waals surface area contributed by atoms with Gasteiger partial charge < -0.3 is 5.32 Å². The number of carbonyl (C=O) groups is 2. The molecule has 0 radical (unpaired) electrons. The van der Waals surface area contributed by atoms with Gasteiger partial charge in [0.2, 0.25) is 5.91 Å². The van der Waals surface area contributed by atoms with Gasteiger partial charge in [-0.1, -0.05) is 52.0 Å². The topological polar surface area (TPSA) is 46.2 Å². The predicted octanol–water partition coefficient (Wildman–Crippen LogP) is 3.75. The van der Waals surface area contributed by atoms with Gasteiger partial charge in [0, 0.05) is 23.8 Å². The van der Waals surface area contributed by atoms with E-state index < -0.39 is 11.5 Å². The minimum absolute atomic E-state index is 0.0834. The first-order valence-corrected chi connectivity index (χ1v) is 8.63. The first-order chi connectivity index (χ1) is 9.79. The lowest BCUT2D eigenvalue weighted by molar-refractivity contribution is -0.131. The van der Waals surface area contributed by atoms with E-state index >= 15 is 0 Å². The van der Waals surface area contributed by atoms with E-state index in [2.05, 4.69) is 36.5 Å². The number of hydrogen-bond donors (Lipinski definition) is 1. The number of Topliss-reactive ketones (excluding diaryl/α,β-unsaturated/α-hetero) is 1. The van der Waals surface area contributed by atoms with Crippen molar-refractivity contribution in [3.05, 3.63) is 24.3 Å². The van der Waals surface area contributed by atoms with Gasteiger partial charge in [-0.05, 0) is 12.8 Å². The molecule has 0 unspecified atom stereocenters. The molecule has 4 heteroatoms. The summed E-state index contributed by atoms with van der Waals surface area (Å²) in [5.41, 5.74) is -0.436. The molecule has 0 saturated heterocycles. The Balaban J connectivity index is 4.23. The van der Waals surface area contributed by atoms with Crippen LogP contribution in [0.3, 0.4) is 0 Å². The Labute approximate surface area is 133 Å². The second-order valence-corrected chi connectivity index (χ2v) is 7.07. The van der Waals surface area contributed by atoms with Crippen molar-refractivity contribution in [3.8, 4) is 0 Å². The first kappa shape index (κ1) is 20.0. The summed E-state index contributed by atoms with van der Waals surface area (Å²) in [6.07, 6.45) is 10.5. The van der Waals surface area contributed by atoms with Crippen molar-refractivity contribution in [2.75, 3.05) is 11.5 Å². The van der Waals surface area contributed by atoms with E-state index in [1.165, 1.54) is 6.92 Å². The maximum atomic E-state index is 12.3. The fraction of sp³-hybridized carbons (Fsp3) is 0.647. The fourth-order valence-electron chi connectivity index (χ4n) is 1.71. The molecule has 120 valence electrons. The molecular weight excluding hydrogens is 282 g/mol. The zero-order valence-electron chi connectivity index (χ0n) is 13.9. The number of amides is 1. The van der Waals surface area contributed by atoms with E-state index in [0.29, 0.717) is 5.75 Å². The highest BCUT2D eigenvalue weighted by atomic mass is 32.2. The maximum Gasteiger partial charge on any atom is 0.217 e. The largest absolute Gasteiger partial charge is 0.346 e. The Kier molecular flexibility index (Phi) is 10.1. The normalized spacial score (nSPS) is 13.8. The van der Waals surface area contributed by atoms with Gasteiger partial charge in [0.05, 0.1) is 6.04 Å². The predicted molar refractivity (Wildman–Crippen MR) is 92.6 cm³/mol. The molecule has 0 spiro atoms. The number of nitrogens with one attached hydrogen (secondary N) is 1. The smallest absolute Gasteiger partial charge is 0.217 e. The second-order valence-electron chi connectivity index (χ2n) is 5.99. The standard InChI is InChI=1S/C17H29NO2S/c1-6-7-8-9-10-11-12-21-13-15(18-14(2)19)16(20)17(3,4)5/h7-8,10-11,15H,6,9,12-13H2,1-5H3,(H,18,19)/b8-7-,11-10-/t15-/m1/s1. The molecule has 0 fully saturated rings. The third-order valence-electron chi connectivity index (χ3n) is 2.77. The van der Waals surface area contributed by atoms with E-state index in [1.54, 1.807) is 11.8 Å². The molecule has 1 amide bonds. The van der Waals surface area contributed by atoms with Crippen molar-refractivity contribution in [1.82, 2.24) is 5.32 Å². The number of allylic oxidation sites excluding steroid dienone is 3. The summed E-state index contributed by atoms with van der Waals surface area (Å²) in [7, 11) is 0. The Hall–Kier alpha value is -1.03. The average molecular weight is 311 g/mol. The molecule has 0 saturated carbocycles. The maximum absolute atomic E-state index is 12.3. The molecule has 21 heavy (non-hydrogen) atoms.